The number of nitrogens with one attached hydrogen (secondary N) is 2. The van der Waals surface area contributed by atoms with Crippen LogP contribution in [0.25, 0.3) is 0 Å². The van der Waals surface area contributed by atoms with Crippen molar-refractivity contribution in [3.8, 4) is 0 Å². The highest BCUT2D eigenvalue weighted by molar-refractivity contribution is 5.91. The van der Waals surface area contributed by atoms with E-state index < -0.39 is 47.4 Å². The summed E-state index contributed by atoms with van der Waals surface area (Å²) >= 11 is 0. The molecular weight excluding hydrogens is 418 g/mol. The SMILES string of the molecule is CC(=O)N[C@@H](Cc1ccccc1F)C(=O)N[C@@H](Cc1cccc(C(F)(F)F)c1)C(N)=O. The lowest BCUT2D eigenvalue weighted by molar-refractivity contribution is -0.137. The quantitative estimate of drug-likeness (QED) is 0.549. The fourth-order valence-electron chi connectivity index (χ4n) is 2.94. The monoisotopic (exact) mass is 439 g/mol. The highest BCUT2D eigenvalue weighted by Crippen LogP contribution is 2.29. The summed E-state index contributed by atoms with van der Waals surface area (Å²) < 4.78 is 52.7. The summed E-state index contributed by atoms with van der Waals surface area (Å²) in [6, 6.07) is 7.36. The Bertz CT molecular complexity index is 963. The molecule has 2 rings (SSSR count). The van der Waals surface area contributed by atoms with Crippen molar-refractivity contribution in [3.05, 3.63) is 71.0 Å². The number of benzene rings is 2. The standard InChI is InChI=1S/C21H21F4N3O3/c1-12(29)27-18(11-14-6-2-3-8-16(14)22)20(31)28-17(19(26)30)10-13-5-4-7-15(9-13)21(23,24)25/h2-9,17-18H,10-11H2,1H3,(H2,26,30)(H,27,29)(H,28,31)/t17-,18-/m0/s1. The predicted molar refractivity (Wildman–Crippen MR) is 104 cm³/mol. The lowest BCUT2D eigenvalue weighted by atomic mass is 10.0. The molecule has 6 nitrogen and oxygen atoms in total. The smallest absolute Gasteiger partial charge is 0.368 e. The second kappa shape index (κ2) is 10.1. The zero-order valence-corrected chi connectivity index (χ0v) is 16.5. The Morgan fingerprint density at radius 3 is 2.23 bits per heavy atom. The van der Waals surface area contributed by atoms with Crippen LogP contribution in [0, 0.1) is 5.82 Å². The lowest BCUT2D eigenvalue weighted by Crippen LogP contribution is -2.54. The second-order valence-electron chi connectivity index (χ2n) is 6.91. The van der Waals surface area contributed by atoms with E-state index in [9.17, 15) is 31.9 Å². The van der Waals surface area contributed by atoms with Crippen molar-refractivity contribution in [1.29, 1.82) is 0 Å². The van der Waals surface area contributed by atoms with Crippen LogP contribution in [-0.4, -0.2) is 29.8 Å². The van der Waals surface area contributed by atoms with E-state index in [0.717, 1.165) is 19.1 Å². The Morgan fingerprint density at radius 1 is 0.968 bits per heavy atom. The van der Waals surface area contributed by atoms with Crippen molar-refractivity contribution < 1.29 is 31.9 Å². The number of alkyl halides is 3. The Morgan fingerprint density at radius 2 is 1.65 bits per heavy atom. The van der Waals surface area contributed by atoms with Crippen molar-refractivity contribution >= 4 is 17.7 Å². The van der Waals surface area contributed by atoms with Gasteiger partial charge in [0, 0.05) is 19.8 Å². The Labute approximate surface area is 175 Å². The van der Waals surface area contributed by atoms with Gasteiger partial charge in [0.15, 0.2) is 0 Å². The topological polar surface area (TPSA) is 101 Å². The molecule has 0 aliphatic carbocycles. The van der Waals surface area contributed by atoms with Gasteiger partial charge in [0.25, 0.3) is 0 Å². The molecule has 0 bridgehead atoms. The number of hydrogen-bond acceptors (Lipinski definition) is 3. The van der Waals surface area contributed by atoms with Crippen LogP contribution in [0.5, 0.6) is 0 Å². The first-order chi connectivity index (χ1) is 14.5. The lowest BCUT2D eigenvalue weighted by Gasteiger charge is -2.22. The average molecular weight is 439 g/mol. The van der Waals surface area contributed by atoms with Crippen LogP contribution in [0.2, 0.25) is 0 Å². The summed E-state index contributed by atoms with van der Waals surface area (Å²) in [5, 5.41) is 4.71. The predicted octanol–water partition coefficient (Wildman–Crippen LogP) is 2.10. The molecule has 0 fully saturated rings. The van der Waals surface area contributed by atoms with E-state index in [1.54, 1.807) is 6.07 Å². The normalized spacial score (nSPS) is 13.2. The van der Waals surface area contributed by atoms with Crippen LogP contribution in [0.1, 0.15) is 23.6 Å². The first-order valence-electron chi connectivity index (χ1n) is 9.23. The summed E-state index contributed by atoms with van der Waals surface area (Å²) in [6.45, 7) is 1.16. The molecule has 0 radical (unpaired) electrons. The third kappa shape index (κ3) is 7.09. The second-order valence-corrected chi connectivity index (χ2v) is 6.91. The van der Waals surface area contributed by atoms with Gasteiger partial charge in [0.1, 0.15) is 17.9 Å². The number of primary amides is 1. The third-order valence-electron chi connectivity index (χ3n) is 4.43. The fourth-order valence-corrected chi connectivity index (χ4v) is 2.94. The van der Waals surface area contributed by atoms with Crippen LogP contribution in [-0.2, 0) is 33.4 Å². The molecule has 10 heteroatoms. The van der Waals surface area contributed by atoms with Gasteiger partial charge in [-0.3, -0.25) is 14.4 Å². The molecule has 2 atom stereocenters. The molecule has 0 aromatic heterocycles. The van der Waals surface area contributed by atoms with Gasteiger partial charge in [-0.15, -0.1) is 0 Å². The molecule has 0 spiro atoms. The Hall–Kier alpha value is -3.43. The van der Waals surface area contributed by atoms with E-state index in [4.69, 9.17) is 5.73 Å². The molecule has 3 amide bonds. The number of halogens is 4. The van der Waals surface area contributed by atoms with Crippen molar-refractivity contribution in [2.24, 2.45) is 5.73 Å². The first-order valence-corrected chi connectivity index (χ1v) is 9.23. The van der Waals surface area contributed by atoms with Gasteiger partial charge in [0.05, 0.1) is 5.56 Å². The van der Waals surface area contributed by atoms with Gasteiger partial charge >= 0.3 is 6.18 Å². The molecule has 2 aromatic carbocycles. The van der Waals surface area contributed by atoms with E-state index in [0.29, 0.717) is 0 Å². The molecule has 4 N–H and O–H groups in total. The van der Waals surface area contributed by atoms with Crippen molar-refractivity contribution in [1.82, 2.24) is 10.6 Å². The van der Waals surface area contributed by atoms with Crippen molar-refractivity contribution in [2.75, 3.05) is 0 Å². The minimum atomic E-state index is -4.57. The molecule has 0 heterocycles. The summed E-state index contributed by atoms with van der Waals surface area (Å²) in [5.41, 5.74) is 4.69. The van der Waals surface area contributed by atoms with Gasteiger partial charge in [-0.05, 0) is 23.3 Å². The highest BCUT2D eigenvalue weighted by Gasteiger charge is 2.31. The molecule has 0 saturated heterocycles. The van der Waals surface area contributed by atoms with Gasteiger partial charge in [0.2, 0.25) is 17.7 Å². The van der Waals surface area contributed by atoms with Crippen LogP contribution in [0.3, 0.4) is 0 Å². The molecule has 0 saturated carbocycles. The highest BCUT2D eigenvalue weighted by atomic mass is 19.4. The molecule has 0 unspecified atom stereocenters. The largest absolute Gasteiger partial charge is 0.416 e. The zero-order valence-electron chi connectivity index (χ0n) is 16.5. The maximum absolute atomic E-state index is 14.0. The van der Waals surface area contributed by atoms with E-state index in [1.807, 2.05) is 0 Å². The first kappa shape index (κ1) is 23.8. The van der Waals surface area contributed by atoms with Crippen LogP contribution < -0.4 is 16.4 Å². The van der Waals surface area contributed by atoms with Gasteiger partial charge in [-0.2, -0.15) is 13.2 Å². The molecule has 31 heavy (non-hydrogen) atoms. The summed E-state index contributed by atoms with van der Waals surface area (Å²) in [7, 11) is 0. The Balaban J connectivity index is 2.19. The van der Waals surface area contributed by atoms with Gasteiger partial charge in [-0.25, -0.2) is 4.39 Å². The maximum Gasteiger partial charge on any atom is 0.416 e. The summed E-state index contributed by atoms with van der Waals surface area (Å²) in [4.78, 5) is 36.0. The van der Waals surface area contributed by atoms with E-state index in [1.165, 1.54) is 30.3 Å². The zero-order chi connectivity index (χ0) is 23.2. The van der Waals surface area contributed by atoms with Crippen LogP contribution in [0.4, 0.5) is 17.6 Å². The third-order valence-corrected chi connectivity index (χ3v) is 4.43. The van der Waals surface area contributed by atoms with Gasteiger partial charge < -0.3 is 16.4 Å². The summed E-state index contributed by atoms with van der Waals surface area (Å²) in [5.74, 6) is -2.95. The van der Waals surface area contributed by atoms with Crippen LogP contribution in [0.15, 0.2) is 48.5 Å². The molecular formula is C21H21F4N3O3. The number of amides is 3. The average Bonchev–Trinajstić information content (AvgIpc) is 2.67. The summed E-state index contributed by atoms with van der Waals surface area (Å²) in [6.07, 6.45) is -5.07. The minimum Gasteiger partial charge on any atom is -0.368 e. The fraction of sp³-hybridized carbons (Fsp3) is 0.286. The van der Waals surface area contributed by atoms with Crippen molar-refractivity contribution in [2.45, 2.75) is 38.0 Å². The van der Waals surface area contributed by atoms with Crippen molar-refractivity contribution in [3.63, 3.8) is 0 Å². The van der Waals surface area contributed by atoms with E-state index in [-0.39, 0.29) is 24.0 Å². The van der Waals surface area contributed by atoms with E-state index >= 15 is 0 Å². The van der Waals surface area contributed by atoms with Gasteiger partial charge in [-0.1, -0.05) is 36.4 Å². The Kier molecular flexibility index (Phi) is 7.73. The molecule has 0 aliphatic rings. The maximum atomic E-state index is 14.0. The van der Waals surface area contributed by atoms with E-state index in [2.05, 4.69) is 10.6 Å². The molecule has 0 aliphatic heterocycles. The number of rotatable bonds is 8. The number of nitrogens with two attached hydrogens (primary N) is 1. The number of hydrogen-bond donors (Lipinski definition) is 3. The number of carbonyl (C=O) groups is 3. The molecule has 166 valence electrons. The number of carbonyl (C=O) groups excluding carboxylic acids is 3. The van der Waals surface area contributed by atoms with Crippen LogP contribution >= 0.6 is 0 Å². The molecule has 2 aromatic rings. The minimum absolute atomic E-state index is 0.129.